The summed E-state index contributed by atoms with van der Waals surface area (Å²) in [5.41, 5.74) is 4.85. The molecule has 17 nitrogen and oxygen atoms in total. The van der Waals surface area contributed by atoms with Gasteiger partial charge in [-0.15, -0.1) is 11.3 Å². The topological polar surface area (TPSA) is 228 Å². The zero-order valence-electron chi connectivity index (χ0n) is 35.4. The Morgan fingerprint density at radius 2 is 1.66 bits per heavy atom. The molecular formula is C43H54ClN9O8S. The van der Waals surface area contributed by atoms with Gasteiger partial charge >= 0.3 is 0 Å². The first-order chi connectivity index (χ1) is 29.8. The molecular weight excluding hydrogens is 838 g/mol. The number of anilines is 2. The minimum absolute atomic E-state index is 0.0181. The number of aryl methyl sites for hydroxylation is 1. The van der Waals surface area contributed by atoms with E-state index in [1.54, 1.807) is 42.2 Å². The number of halogens is 1. The van der Waals surface area contributed by atoms with E-state index in [2.05, 4.69) is 21.3 Å². The van der Waals surface area contributed by atoms with Gasteiger partial charge in [-0.1, -0.05) is 29.8 Å². The number of aliphatic imine (C=N–C) groups is 1. The zero-order chi connectivity index (χ0) is 44.8. The zero-order valence-corrected chi connectivity index (χ0v) is 36.9. The van der Waals surface area contributed by atoms with E-state index in [1.165, 1.54) is 23.3 Å². The molecule has 2 atom stereocenters. The lowest BCUT2D eigenvalue weighted by Gasteiger charge is -2.24. The molecule has 332 valence electrons. The van der Waals surface area contributed by atoms with Crippen molar-refractivity contribution < 1.29 is 38.2 Å². The Morgan fingerprint density at radius 3 is 2.32 bits per heavy atom. The van der Waals surface area contributed by atoms with E-state index in [4.69, 9.17) is 41.6 Å². The Labute approximate surface area is 369 Å². The highest BCUT2D eigenvalue weighted by atomic mass is 35.5. The van der Waals surface area contributed by atoms with Gasteiger partial charge in [-0.05, 0) is 57.0 Å². The van der Waals surface area contributed by atoms with E-state index < -0.39 is 12.1 Å². The van der Waals surface area contributed by atoms with Gasteiger partial charge in [-0.2, -0.15) is 0 Å². The Bertz CT molecular complexity index is 2160. The van der Waals surface area contributed by atoms with Crippen molar-refractivity contribution >= 4 is 80.9 Å². The van der Waals surface area contributed by atoms with Crippen molar-refractivity contribution in [2.24, 2.45) is 4.99 Å². The number of rotatable bonds is 23. The fraction of sp³-hybridized carbons (Fsp3) is 0.442. The Morgan fingerprint density at radius 1 is 0.984 bits per heavy atom. The Hall–Kier alpha value is -5.37. The molecule has 0 bridgehead atoms. The summed E-state index contributed by atoms with van der Waals surface area (Å²) in [6.07, 6.45) is 0.903. The minimum atomic E-state index is -0.825. The molecule has 6 N–H and O–H groups in total. The molecule has 0 spiro atoms. The SMILES string of the molecule is CNC(=O)CCC(C=O)N1Cc2c(NC(=O)CNCCOCCOCCOCCNC(=O)C[C@@H]3N=C(c4ccc(Cl)cc4)c4c(sc(C)c4C)N(C(C)=N)C3=N)cccc2C1=O. The van der Waals surface area contributed by atoms with Gasteiger partial charge in [0.1, 0.15) is 29.0 Å². The van der Waals surface area contributed by atoms with E-state index in [9.17, 15) is 24.0 Å². The maximum Gasteiger partial charge on any atom is 0.255 e. The van der Waals surface area contributed by atoms with Crippen LogP contribution in [-0.2, 0) is 39.9 Å². The number of hydrogen-bond acceptors (Lipinski definition) is 13. The van der Waals surface area contributed by atoms with Crippen LogP contribution < -0.4 is 26.2 Å². The molecule has 3 aromatic rings. The number of carbonyl (C=O) groups excluding carboxylic acids is 5. The van der Waals surface area contributed by atoms with Crippen molar-refractivity contribution in [2.75, 3.05) is 76.5 Å². The van der Waals surface area contributed by atoms with E-state index in [0.717, 1.165) is 26.6 Å². The van der Waals surface area contributed by atoms with Crippen LogP contribution in [0.4, 0.5) is 10.7 Å². The molecule has 2 aliphatic rings. The normalized spacial score (nSPS) is 15.0. The average Bonchev–Trinajstić information content (AvgIpc) is 3.69. The van der Waals surface area contributed by atoms with Gasteiger partial charge in [0.15, 0.2) is 0 Å². The van der Waals surface area contributed by atoms with Gasteiger partial charge in [0.25, 0.3) is 5.91 Å². The number of nitrogens with one attached hydrogen (secondary N) is 6. The first-order valence-electron chi connectivity index (χ1n) is 20.3. The fourth-order valence-corrected chi connectivity index (χ4v) is 8.27. The first-order valence-corrected chi connectivity index (χ1v) is 21.5. The molecule has 0 saturated heterocycles. The van der Waals surface area contributed by atoms with Crippen LogP contribution >= 0.6 is 22.9 Å². The van der Waals surface area contributed by atoms with Crippen molar-refractivity contribution in [1.82, 2.24) is 20.9 Å². The largest absolute Gasteiger partial charge is 0.378 e. The van der Waals surface area contributed by atoms with Gasteiger partial charge < -0.3 is 45.2 Å². The molecule has 0 radical (unpaired) electrons. The maximum absolute atomic E-state index is 13.1. The summed E-state index contributed by atoms with van der Waals surface area (Å²) in [5, 5.41) is 30.1. The number of amides is 4. The predicted molar refractivity (Wildman–Crippen MR) is 239 cm³/mol. The molecule has 2 aromatic carbocycles. The number of hydrogen-bond donors (Lipinski definition) is 6. The summed E-state index contributed by atoms with van der Waals surface area (Å²) in [4.78, 5) is 71.2. The number of fused-ring (bicyclic) bond motifs is 2. The summed E-state index contributed by atoms with van der Waals surface area (Å²) < 4.78 is 16.7. The first kappa shape index (κ1) is 47.7. The van der Waals surface area contributed by atoms with Crippen LogP contribution in [0.5, 0.6) is 0 Å². The molecule has 0 saturated carbocycles. The van der Waals surface area contributed by atoms with Gasteiger partial charge in [-0.25, -0.2) is 0 Å². The molecule has 4 amide bonds. The highest BCUT2D eigenvalue weighted by Gasteiger charge is 2.36. The van der Waals surface area contributed by atoms with Crippen molar-refractivity contribution in [3.8, 4) is 0 Å². The number of ether oxygens (including phenoxy) is 3. The summed E-state index contributed by atoms with van der Waals surface area (Å²) >= 11 is 7.68. The number of nitrogens with zero attached hydrogens (tertiary/aromatic N) is 3. The van der Waals surface area contributed by atoms with Crippen LogP contribution in [0.25, 0.3) is 0 Å². The van der Waals surface area contributed by atoms with E-state index in [1.807, 2.05) is 26.0 Å². The standard InChI is InChI=1S/C43H54ClN9O8S/c1-26-27(2)62-43-39(26)40(29-8-10-30(44)11-9-29)51-35(41(46)53(43)28(3)45)22-37(56)49-15-17-60-19-21-61-20-18-59-16-14-48-23-38(57)50-34-7-5-6-32-33(34)24-52(42(32)58)31(25-54)12-13-36(55)47-4/h5-11,25,31,35,45-46,48H,12-24H2,1-4H3,(H,47,55)(H,49,56)(H,50,57)/t31?,35-/m0/s1. The Kier molecular flexibility index (Phi) is 17.8. The van der Waals surface area contributed by atoms with Gasteiger partial charge in [-0.3, -0.25) is 39.9 Å². The second kappa shape index (κ2) is 23.2. The molecule has 0 fully saturated rings. The quantitative estimate of drug-likeness (QED) is 0.0349. The fourth-order valence-electron chi connectivity index (χ4n) is 6.92. The summed E-state index contributed by atoms with van der Waals surface area (Å²) in [5.74, 6) is -0.910. The van der Waals surface area contributed by atoms with Crippen LogP contribution in [-0.4, -0.2) is 131 Å². The third-order valence-electron chi connectivity index (χ3n) is 10.3. The van der Waals surface area contributed by atoms with Gasteiger partial charge in [0, 0.05) is 70.9 Å². The van der Waals surface area contributed by atoms with Crippen molar-refractivity contribution in [2.45, 2.75) is 58.7 Å². The van der Waals surface area contributed by atoms with Gasteiger partial charge in [0.2, 0.25) is 17.7 Å². The van der Waals surface area contributed by atoms with Crippen LogP contribution in [0.15, 0.2) is 47.5 Å². The van der Waals surface area contributed by atoms with Crippen LogP contribution in [0, 0.1) is 24.7 Å². The highest BCUT2D eigenvalue weighted by Crippen LogP contribution is 2.40. The van der Waals surface area contributed by atoms with Crippen LogP contribution in [0.2, 0.25) is 5.02 Å². The number of benzene rings is 2. The molecule has 19 heteroatoms. The van der Waals surface area contributed by atoms with E-state index in [0.29, 0.717) is 73.4 Å². The van der Waals surface area contributed by atoms with E-state index >= 15 is 0 Å². The monoisotopic (exact) mass is 891 g/mol. The van der Waals surface area contributed by atoms with Gasteiger partial charge in [0.05, 0.1) is 64.4 Å². The maximum atomic E-state index is 13.1. The lowest BCUT2D eigenvalue weighted by Crippen LogP contribution is -2.42. The third-order valence-corrected chi connectivity index (χ3v) is 11.7. The smallest absolute Gasteiger partial charge is 0.255 e. The molecule has 1 aromatic heterocycles. The number of thiophene rings is 1. The Balaban J connectivity index is 0.936. The molecule has 2 aliphatic heterocycles. The lowest BCUT2D eigenvalue weighted by atomic mass is 9.99. The van der Waals surface area contributed by atoms with Crippen molar-refractivity contribution in [3.05, 3.63) is 80.2 Å². The third kappa shape index (κ3) is 12.4. The molecule has 1 unspecified atom stereocenters. The summed E-state index contributed by atoms with van der Waals surface area (Å²) in [6.45, 7) is 8.42. The predicted octanol–water partition coefficient (Wildman–Crippen LogP) is 3.85. The van der Waals surface area contributed by atoms with Crippen molar-refractivity contribution in [1.29, 1.82) is 10.8 Å². The molecule has 0 aliphatic carbocycles. The second-order valence-corrected chi connectivity index (χ2v) is 16.2. The van der Waals surface area contributed by atoms with E-state index in [-0.39, 0.29) is 80.8 Å². The number of carbonyl (C=O) groups is 5. The molecule has 5 rings (SSSR count). The lowest BCUT2D eigenvalue weighted by molar-refractivity contribution is -0.122. The minimum Gasteiger partial charge on any atom is -0.378 e. The van der Waals surface area contributed by atoms with Crippen LogP contribution in [0.1, 0.15) is 63.7 Å². The molecule has 62 heavy (non-hydrogen) atoms. The summed E-state index contributed by atoms with van der Waals surface area (Å²) in [6, 6.07) is 10.8. The van der Waals surface area contributed by atoms with Crippen molar-refractivity contribution in [3.63, 3.8) is 0 Å². The second-order valence-electron chi connectivity index (χ2n) is 14.6. The highest BCUT2D eigenvalue weighted by molar-refractivity contribution is 7.17. The average molecular weight is 892 g/mol. The molecule has 3 heterocycles. The van der Waals surface area contributed by atoms with Crippen LogP contribution in [0.3, 0.4) is 0 Å². The number of amidine groups is 2. The summed E-state index contributed by atoms with van der Waals surface area (Å²) in [7, 11) is 1.51. The number of aldehydes is 1.